The fourth-order valence-corrected chi connectivity index (χ4v) is 2.02. The first kappa shape index (κ1) is 11.0. The number of hydrogen-bond donors (Lipinski definition) is 0. The molecule has 0 N–H and O–H groups in total. The molecule has 0 fully saturated rings. The second-order valence-electron chi connectivity index (χ2n) is 4.02. The van der Waals surface area contributed by atoms with E-state index < -0.39 is 12.3 Å². The zero-order valence-corrected chi connectivity index (χ0v) is 8.74. The topological polar surface area (TPSA) is 39.1 Å². The summed E-state index contributed by atoms with van der Waals surface area (Å²) in [5.41, 5.74) is 0.550. The molecule has 0 radical (unpaired) electrons. The molecule has 0 amide bonds. The number of rotatable bonds is 1. The molecule has 0 aromatic carbocycles. The lowest BCUT2D eigenvalue weighted by molar-refractivity contribution is 0.0586. The third-order valence-corrected chi connectivity index (χ3v) is 3.00. The molecule has 0 saturated heterocycles. The quantitative estimate of drug-likeness (QED) is 0.727. The van der Waals surface area contributed by atoms with Crippen LogP contribution in [0.5, 0.6) is 0 Å². The van der Waals surface area contributed by atoms with Gasteiger partial charge in [0.2, 0.25) is 12.0 Å². The standard InChI is InChI=1S/C11H11F2NO2/c1-14-8-4-6(11(12)13)5-9(15)7(8)2-3-10(14)16/h2-3,6,11H,4-5H2,1H3. The molecule has 1 unspecified atom stereocenters. The predicted molar refractivity (Wildman–Crippen MR) is 53.8 cm³/mol. The van der Waals surface area contributed by atoms with E-state index in [0.717, 1.165) is 0 Å². The second-order valence-corrected chi connectivity index (χ2v) is 4.02. The average Bonchev–Trinajstić information content (AvgIpc) is 2.23. The highest BCUT2D eigenvalue weighted by atomic mass is 19.3. The van der Waals surface area contributed by atoms with Gasteiger partial charge in [-0.25, -0.2) is 8.78 Å². The average molecular weight is 227 g/mol. The maximum Gasteiger partial charge on any atom is 0.250 e. The number of carbonyl (C=O) groups is 1. The van der Waals surface area contributed by atoms with Gasteiger partial charge in [0.1, 0.15) is 0 Å². The molecule has 1 aromatic rings. The van der Waals surface area contributed by atoms with E-state index in [1.165, 1.54) is 23.7 Å². The van der Waals surface area contributed by atoms with Gasteiger partial charge in [-0.05, 0) is 12.5 Å². The summed E-state index contributed by atoms with van der Waals surface area (Å²) in [7, 11) is 1.50. The van der Waals surface area contributed by atoms with E-state index in [-0.39, 0.29) is 24.2 Å². The van der Waals surface area contributed by atoms with Gasteiger partial charge in [-0.15, -0.1) is 0 Å². The first-order chi connectivity index (χ1) is 7.50. The summed E-state index contributed by atoms with van der Waals surface area (Å²) in [5, 5.41) is 0. The number of carbonyl (C=O) groups excluding carboxylic acids is 1. The van der Waals surface area contributed by atoms with Gasteiger partial charge in [-0.1, -0.05) is 0 Å². The van der Waals surface area contributed by atoms with Gasteiger partial charge in [0, 0.05) is 36.7 Å². The molecule has 3 nitrogen and oxygen atoms in total. The van der Waals surface area contributed by atoms with E-state index in [9.17, 15) is 18.4 Å². The molecule has 86 valence electrons. The molecule has 1 aliphatic carbocycles. The van der Waals surface area contributed by atoms with Crippen molar-refractivity contribution in [1.29, 1.82) is 0 Å². The molecule has 0 aliphatic heterocycles. The van der Waals surface area contributed by atoms with Crippen molar-refractivity contribution in [2.75, 3.05) is 0 Å². The van der Waals surface area contributed by atoms with Crippen molar-refractivity contribution < 1.29 is 13.6 Å². The maximum atomic E-state index is 12.6. The first-order valence-corrected chi connectivity index (χ1v) is 5.01. The van der Waals surface area contributed by atoms with Crippen molar-refractivity contribution >= 4 is 5.78 Å². The first-order valence-electron chi connectivity index (χ1n) is 5.01. The van der Waals surface area contributed by atoms with Crippen molar-refractivity contribution in [3.63, 3.8) is 0 Å². The summed E-state index contributed by atoms with van der Waals surface area (Å²) < 4.78 is 26.4. The Balaban J connectivity index is 2.52. The lowest BCUT2D eigenvalue weighted by atomic mass is 9.86. The molecular weight excluding hydrogens is 216 g/mol. The minimum absolute atomic E-state index is 0.0886. The highest BCUT2D eigenvalue weighted by Gasteiger charge is 2.32. The molecule has 1 aromatic heterocycles. The molecule has 1 heterocycles. The van der Waals surface area contributed by atoms with Gasteiger partial charge in [0.15, 0.2) is 5.78 Å². The summed E-state index contributed by atoms with van der Waals surface area (Å²) in [6, 6.07) is 2.72. The van der Waals surface area contributed by atoms with E-state index in [2.05, 4.69) is 0 Å². The summed E-state index contributed by atoms with van der Waals surface area (Å²) in [4.78, 5) is 23.0. The van der Waals surface area contributed by atoms with Crippen molar-refractivity contribution in [2.45, 2.75) is 19.3 Å². The van der Waals surface area contributed by atoms with Crippen LogP contribution < -0.4 is 5.56 Å². The number of aromatic nitrogens is 1. The lowest BCUT2D eigenvalue weighted by Crippen LogP contribution is -2.31. The van der Waals surface area contributed by atoms with E-state index in [1.54, 1.807) is 0 Å². The van der Waals surface area contributed by atoms with Gasteiger partial charge in [0.05, 0.1) is 0 Å². The molecule has 1 atom stereocenters. The van der Waals surface area contributed by atoms with E-state index in [1.807, 2.05) is 0 Å². The van der Waals surface area contributed by atoms with Crippen molar-refractivity contribution in [2.24, 2.45) is 13.0 Å². The Bertz CT molecular complexity index is 493. The summed E-state index contributed by atoms with van der Waals surface area (Å²) in [5.74, 6) is -1.27. The molecule has 5 heteroatoms. The van der Waals surface area contributed by atoms with Crippen LogP contribution in [0.3, 0.4) is 0 Å². The van der Waals surface area contributed by atoms with Crippen LogP contribution in [0.25, 0.3) is 0 Å². The van der Waals surface area contributed by atoms with Gasteiger partial charge in [-0.3, -0.25) is 9.59 Å². The van der Waals surface area contributed by atoms with Crippen LogP contribution in [-0.2, 0) is 13.5 Å². The van der Waals surface area contributed by atoms with Gasteiger partial charge in [0.25, 0.3) is 0 Å². The number of pyridine rings is 1. The fraction of sp³-hybridized carbons (Fsp3) is 0.455. The minimum Gasteiger partial charge on any atom is -0.315 e. The highest BCUT2D eigenvalue weighted by molar-refractivity contribution is 5.98. The largest absolute Gasteiger partial charge is 0.315 e. The number of nitrogens with zero attached hydrogens (tertiary/aromatic N) is 1. The molecule has 0 saturated carbocycles. The van der Waals surface area contributed by atoms with E-state index >= 15 is 0 Å². The van der Waals surface area contributed by atoms with Crippen LogP contribution in [0.2, 0.25) is 0 Å². The number of fused-ring (bicyclic) bond motifs is 1. The molecule has 2 rings (SSSR count). The lowest BCUT2D eigenvalue weighted by Gasteiger charge is -2.24. The fourth-order valence-electron chi connectivity index (χ4n) is 2.02. The van der Waals surface area contributed by atoms with E-state index in [0.29, 0.717) is 11.3 Å². The Morgan fingerprint density at radius 1 is 1.31 bits per heavy atom. The summed E-state index contributed by atoms with van der Waals surface area (Å²) in [6.45, 7) is 0. The van der Waals surface area contributed by atoms with E-state index in [4.69, 9.17) is 0 Å². The molecule has 1 aliphatic rings. The number of Topliss-reactive ketones (excluding diaryl/α,β-unsaturated/α-hetero) is 1. The SMILES string of the molecule is Cn1c2c(ccc1=O)C(=O)CC(C(F)F)C2. The summed E-state index contributed by atoms with van der Waals surface area (Å²) >= 11 is 0. The Morgan fingerprint density at radius 2 is 2.00 bits per heavy atom. The zero-order valence-electron chi connectivity index (χ0n) is 8.74. The minimum atomic E-state index is -2.52. The predicted octanol–water partition coefficient (Wildman–Crippen LogP) is 1.40. The Kier molecular flexibility index (Phi) is 2.61. The third-order valence-electron chi connectivity index (χ3n) is 3.00. The molecule has 16 heavy (non-hydrogen) atoms. The second kappa shape index (κ2) is 3.81. The number of hydrogen-bond acceptors (Lipinski definition) is 2. The van der Waals surface area contributed by atoms with Crippen LogP contribution in [0.4, 0.5) is 8.78 Å². The van der Waals surface area contributed by atoms with Crippen molar-refractivity contribution in [3.05, 3.63) is 33.7 Å². The maximum absolute atomic E-state index is 12.6. The van der Waals surface area contributed by atoms with Gasteiger partial charge in [-0.2, -0.15) is 0 Å². The van der Waals surface area contributed by atoms with Crippen LogP contribution in [0.15, 0.2) is 16.9 Å². The third kappa shape index (κ3) is 1.66. The highest BCUT2D eigenvalue weighted by Crippen LogP contribution is 2.28. The monoisotopic (exact) mass is 227 g/mol. The summed E-state index contributed by atoms with van der Waals surface area (Å²) in [6.07, 6.45) is -2.57. The van der Waals surface area contributed by atoms with Crippen molar-refractivity contribution in [3.8, 4) is 0 Å². The Hall–Kier alpha value is -1.52. The van der Waals surface area contributed by atoms with Gasteiger partial charge < -0.3 is 4.57 Å². The molecular formula is C11H11F2NO2. The van der Waals surface area contributed by atoms with Crippen molar-refractivity contribution in [1.82, 2.24) is 4.57 Å². The van der Waals surface area contributed by atoms with Gasteiger partial charge >= 0.3 is 0 Å². The number of ketones is 1. The Labute approximate surface area is 90.7 Å². The van der Waals surface area contributed by atoms with Crippen LogP contribution in [-0.4, -0.2) is 16.8 Å². The smallest absolute Gasteiger partial charge is 0.250 e. The van der Waals surface area contributed by atoms with Crippen LogP contribution in [0, 0.1) is 5.92 Å². The zero-order chi connectivity index (χ0) is 11.9. The normalized spacial score (nSPS) is 20.0. The number of alkyl halides is 2. The van der Waals surface area contributed by atoms with Crippen LogP contribution in [0.1, 0.15) is 22.5 Å². The Morgan fingerprint density at radius 3 is 2.62 bits per heavy atom. The van der Waals surface area contributed by atoms with Crippen LogP contribution >= 0.6 is 0 Å². The molecule has 0 spiro atoms. The number of halogens is 2. The molecule has 0 bridgehead atoms.